The molecule has 0 unspecified atom stereocenters. The molecular weight excluding hydrogens is 376 g/mol. The van der Waals surface area contributed by atoms with Crippen LogP contribution in [0.5, 0.6) is 11.5 Å². The monoisotopic (exact) mass is 402 g/mol. The number of aliphatic hydroxyl groups is 2. The fourth-order valence-corrected chi connectivity index (χ4v) is 3.89. The van der Waals surface area contributed by atoms with Gasteiger partial charge in [0.05, 0.1) is 13.2 Å². The van der Waals surface area contributed by atoms with Gasteiger partial charge in [0.25, 0.3) is 0 Å². The highest BCUT2D eigenvalue weighted by molar-refractivity contribution is 6.10. The molecular formula is C26H26O4. The first-order chi connectivity index (χ1) is 14.6. The van der Waals surface area contributed by atoms with Crippen LogP contribution >= 0.6 is 0 Å². The Balaban J connectivity index is 2.11. The normalized spacial score (nSPS) is 11.2. The van der Waals surface area contributed by atoms with E-state index in [1.54, 1.807) is 0 Å². The summed E-state index contributed by atoms with van der Waals surface area (Å²) in [6, 6.07) is 20.7. The number of ether oxygens (including phenoxy) is 2. The Morgan fingerprint density at radius 1 is 0.600 bits per heavy atom. The number of aliphatic hydroxyl groups excluding tert-OH is 2. The molecule has 0 fully saturated rings. The molecule has 4 rings (SSSR count). The Morgan fingerprint density at radius 2 is 1.00 bits per heavy atom. The van der Waals surface area contributed by atoms with Crippen LogP contribution in [0.25, 0.3) is 32.7 Å². The summed E-state index contributed by atoms with van der Waals surface area (Å²) in [6.07, 6.45) is 0. The molecule has 4 aromatic carbocycles. The average Bonchev–Trinajstić information content (AvgIpc) is 2.75. The molecule has 0 radical (unpaired) electrons. The molecule has 0 aliphatic carbocycles. The van der Waals surface area contributed by atoms with Gasteiger partial charge in [-0.15, -0.1) is 0 Å². The van der Waals surface area contributed by atoms with E-state index < -0.39 is 0 Å². The minimum absolute atomic E-state index is 0.0617. The summed E-state index contributed by atoms with van der Waals surface area (Å²) in [5.41, 5.74) is 4.18. The van der Waals surface area contributed by atoms with Crippen molar-refractivity contribution in [2.75, 3.05) is 26.4 Å². The molecule has 2 N–H and O–H groups in total. The smallest absolute Gasteiger partial charge is 0.128 e. The molecule has 0 aromatic heterocycles. The van der Waals surface area contributed by atoms with E-state index in [2.05, 4.69) is 50.2 Å². The standard InChI is InChI=1S/C26H26O4/c1-17-3-5-19-7-9-23(29-13-11-27)25(21(19)15-17)26-22-16-18(2)4-6-20(22)8-10-24(26)30-14-12-28/h3-10,15-16,27-28H,11-14H2,1-2H3. The van der Waals surface area contributed by atoms with Gasteiger partial charge >= 0.3 is 0 Å². The summed E-state index contributed by atoms with van der Waals surface area (Å²) in [4.78, 5) is 0. The molecule has 0 aliphatic heterocycles. The Bertz CT molecular complexity index is 1100. The lowest BCUT2D eigenvalue weighted by molar-refractivity contribution is 0.200. The van der Waals surface area contributed by atoms with Gasteiger partial charge < -0.3 is 19.7 Å². The second kappa shape index (κ2) is 8.74. The van der Waals surface area contributed by atoms with Crippen molar-refractivity contribution in [3.05, 3.63) is 71.8 Å². The van der Waals surface area contributed by atoms with Crippen LogP contribution in [-0.4, -0.2) is 36.6 Å². The van der Waals surface area contributed by atoms with Crippen LogP contribution in [0.15, 0.2) is 60.7 Å². The maximum absolute atomic E-state index is 9.35. The highest BCUT2D eigenvalue weighted by Gasteiger charge is 2.19. The minimum Gasteiger partial charge on any atom is -0.491 e. The van der Waals surface area contributed by atoms with Gasteiger partial charge in [-0.25, -0.2) is 0 Å². The van der Waals surface area contributed by atoms with E-state index in [-0.39, 0.29) is 26.4 Å². The summed E-state index contributed by atoms with van der Waals surface area (Å²) >= 11 is 0. The first-order valence-electron chi connectivity index (χ1n) is 10.2. The van der Waals surface area contributed by atoms with Crippen molar-refractivity contribution in [3.63, 3.8) is 0 Å². The van der Waals surface area contributed by atoms with Gasteiger partial charge in [0.2, 0.25) is 0 Å². The first kappa shape index (κ1) is 20.2. The molecule has 0 atom stereocenters. The fourth-order valence-electron chi connectivity index (χ4n) is 3.89. The molecule has 0 saturated carbocycles. The zero-order valence-corrected chi connectivity index (χ0v) is 17.3. The van der Waals surface area contributed by atoms with E-state index >= 15 is 0 Å². The quantitative estimate of drug-likeness (QED) is 0.456. The van der Waals surface area contributed by atoms with Gasteiger partial charge in [-0.3, -0.25) is 0 Å². The van der Waals surface area contributed by atoms with Crippen molar-refractivity contribution in [1.29, 1.82) is 0 Å². The molecule has 0 heterocycles. The maximum atomic E-state index is 9.35. The molecule has 0 amide bonds. The van der Waals surface area contributed by atoms with Crippen LogP contribution in [0.1, 0.15) is 11.1 Å². The third-order valence-electron chi connectivity index (χ3n) is 5.23. The van der Waals surface area contributed by atoms with Crippen LogP contribution in [0.4, 0.5) is 0 Å². The third-order valence-corrected chi connectivity index (χ3v) is 5.23. The highest BCUT2D eigenvalue weighted by atomic mass is 16.5. The number of benzene rings is 4. The lowest BCUT2D eigenvalue weighted by Crippen LogP contribution is -2.05. The second-order valence-corrected chi connectivity index (χ2v) is 7.47. The number of fused-ring (bicyclic) bond motifs is 2. The van der Waals surface area contributed by atoms with Gasteiger partial charge in [-0.2, -0.15) is 0 Å². The minimum atomic E-state index is -0.0617. The topological polar surface area (TPSA) is 58.9 Å². The third kappa shape index (κ3) is 3.84. The Labute approximate surface area is 176 Å². The van der Waals surface area contributed by atoms with Crippen molar-refractivity contribution < 1.29 is 19.7 Å². The summed E-state index contributed by atoms with van der Waals surface area (Å²) in [5, 5.41) is 23.0. The van der Waals surface area contributed by atoms with Crippen LogP contribution in [0.2, 0.25) is 0 Å². The van der Waals surface area contributed by atoms with Crippen molar-refractivity contribution in [1.82, 2.24) is 0 Å². The number of aryl methyl sites for hydroxylation is 2. The van der Waals surface area contributed by atoms with Crippen molar-refractivity contribution in [3.8, 4) is 22.6 Å². The molecule has 4 aromatic rings. The SMILES string of the molecule is Cc1ccc2ccc(OCCO)c(-c3c(OCCO)ccc4ccc(C)cc34)c2c1. The predicted octanol–water partition coefficient (Wildman–Crippen LogP) is 5.02. The van der Waals surface area contributed by atoms with Crippen molar-refractivity contribution in [2.24, 2.45) is 0 Å². The first-order valence-corrected chi connectivity index (χ1v) is 10.2. The molecule has 0 bridgehead atoms. The van der Waals surface area contributed by atoms with Gasteiger partial charge in [0.1, 0.15) is 24.7 Å². The molecule has 30 heavy (non-hydrogen) atoms. The van der Waals surface area contributed by atoms with Crippen molar-refractivity contribution >= 4 is 21.5 Å². The maximum Gasteiger partial charge on any atom is 0.128 e. The molecule has 0 spiro atoms. The van der Waals surface area contributed by atoms with Gasteiger partial charge in [-0.05, 0) is 47.5 Å². The largest absolute Gasteiger partial charge is 0.491 e. The average molecular weight is 402 g/mol. The van der Waals surface area contributed by atoms with Gasteiger partial charge in [0, 0.05) is 11.1 Å². The van der Waals surface area contributed by atoms with E-state index in [1.165, 1.54) is 0 Å². The zero-order chi connectivity index (χ0) is 21.1. The lowest BCUT2D eigenvalue weighted by Gasteiger charge is -2.20. The molecule has 0 aliphatic rings. The van der Waals surface area contributed by atoms with E-state index in [9.17, 15) is 10.2 Å². The second-order valence-electron chi connectivity index (χ2n) is 7.47. The number of hydrogen-bond donors (Lipinski definition) is 2. The summed E-state index contributed by atoms with van der Waals surface area (Å²) in [7, 11) is 0. The number of rotatable bonds is 7. The van der Waals surface area contributed by atoms with Crippen molar-refractivity contribution in [2.45, 2.75) is 13.8 Å². The Hall–Kier alpha value is -3.08. The van der Waals surface area contributed by atoms with E-state index in [1.807, 2.05) is 24.3 Å². The highest BCUT2D eigenvalue weighted by Crippen LogP contribution is 2.45. The van der Waals surface area contributed by atoms with Gasteiger partial charge in [0.15, 0.2) is 0 Å². The van der Waals surface area contributed by atoms with E-state index in [0.717, 1.165) is 43.8 Å². The lowest BCUT2D eigenvalue weighted by atomic mass is 9.91. The summed E-state index contributed by atoms with van der Waals surface area (Å²) < 4.78 is 11.9. The predicted molar refractivity (Wildman–Crippen MR) is 122 cm³/mol. The zero-order valence-electron chi connectivity index (χ0n) is 17.3. The molecule has 4 heteroatoms. The molecule has 154 valence electrons. The Morgan fingerprint density at radius 3 is 1.40 bits per heavy atom. The van der Waals surface area contributed by atoms with Crippen LogP contribution < -0.4 is 9.47 Å². The van der Waals surface area contributed by atoms with E-state index in [4.69, 9.17) is 9.47 Å². The van der Waals surface area contributed by atoms with E-state index in [0.29, 0.717) is 11.5 Å². The van der Waals surface area contributed by atoms with Gasteiger partial charge in [-0.1, -0.05) is 59.7 Å². The van der Waals surface area contributed by atoms with Crippen LogP contribution in [0, 0.1) is 13.8 Å². The number of hydrogen-bond acceptors (Lipinski definition) is 4. The summed E-state index contributed by atoms with van der Waals surface area (Å²) in [5.74, 6) is 1.40. The van der Waals surface area contributed by atoms with Crippen LogP contribution in [0.3, 0.4) is 0 Å². The Kier molecular flexibility index (Phi) is 5.88. The summed E-state index contributed by atoms with van der Waals surface area (Å²) in [6.45, 7) is 4.44. The van der Waals surface area contributed by atoms with Crippen LogP contribution in [-0.2, 0) is 0 Å². The molecule has 0 saturated heterocycles. The molecule has 4 nitrogen and oxygen atoms in total. The fraction of sp³-hybridized carbons (Fsp3) is 0.231.